The third-order valence-electron chi connectivity index (χ3n) is 9.11. The molecule has 2 saturated heterocycles. The van der Waals surface area contributed by atoms with Gasteiger partial charge in [-0.15, -0.1) is 0 Å². The highest BCUT2D eigenvalue weighted by atomic mass is 16.7. The quantitative estimate of drug-likeness (QED) is 0.133. The maximum absolute atomic E-state index is 11.9. The van der Waals surface area contributed by atoms with Crippen LogP contribution in [0.1, 0.15) is 48.0 Å². The fourth-order valence-corrected chi connectivity index (χ4v) is 6.39. The lowest BCUT2D eigenvalue weighted by molar-refractivity contribution is -0.384. The molecule has 2 aliphatic rings. The second-order valence-corrected chi connectivity index (χ2v) is 12.4. The predicted octanol–water partition coefficient (Wildman–Crippen LogP) is 5.94. The van der Waals surface area contributed by atoms with Crippen LogP contribution in [0.15, 0.2) is 97.1 Å². The standard InChI is InChI=1S/C38H43N5O6/c1-2-39-38(45)40-24-28-4-3-5-32(22-28)29-10-12-31(13-11-29)37-48-35(23-36(49-37)30-8-6-27(26-44)7-9-30)25-41-18-20-42(21-19-41)33-14-16-34(17-15-33)43(46)47/h3-17,22,35-37,44H,2,18-21,23-26H2,1H3,(H2,39,40,45)/t35-,36+,37+/m1/s1. The van der Waals surface area contributed by atoms with Gasteiger partial charge in [-0.25, -0.2) is 4.79 Å². The number of benzene rings is 4. The lowest BCUT2D eigenvalue weighted by Crippen LogP contribution is -2.49. The summed E-state index contributed by atoms with van der Waals surface area (Å²) in [6, 6.07) is 30.9. The summed E-state index contributed by atoms with van der Waals surface area (Å²) in [7, 11) is 0. The number of carbonyl (C=O) groups excluding carboxylic acids is 1. The first-order chi connectivity index (χ1) is 23.9. The van der Waals surface area contributed by atoms with Crippen molar-refractivity contribution in [2.75, 3.05) is 44.2 Å². The first-order valence-corrected chi connectivity index (χ1v) is 16.8. The van der Waals surface area contributed by atoms with E-state index in [-0.39, 0.29) is 35.5 Å². The summed E-state index contributed by atoms with van der Waals surface area (Å²) in [5, 5.41) is 26.2. The zero-order valence-corrected chi connectivity index (χ0v) is 27.7. The van der Waals surface area contributed by atoms with E-state index in [1.54, 1.807) is 12.1 Å². The van der Waals surface area contributed by atoms with Crippen LogP contribution < -0.4 is 15.5 Å². The van der Waals surface area contributed by atoms with E-state index in [0.717, 1.165) is 71.8 Å². The number of nitrogens with one attached hydrogen (secondary N) is 2. The molecule has 4 aromatic carbocycles. The Morgan fingerprint density at radius 2 is 1.57 bits per heavy atom. The van der Waals surface area contributed by atoms with Crippen LogP contribution >= 0.6 is 0 Å². The molecule has 2 fully saturated rings. The molecule has 2 amide bonds. The van der Waals surface area contributed by atoms with Crippen LogP contribution in [-0.2, 0) is 22.6 Å². The Kier molecular flexibility index (Phi) is 11.2. The van der Waals surface area contributed by atoms with Crippen molar-refractivity contribution in [3.8, 4) is 11.1 Å². The number of carbonyl (C=O) groups is 1. The molecule has 0 bridgehead atoms. The average molecular weight is 666 g/mol. The maximum Gasteiger partial charge on any atom is 0.315 e. The van der Waals surface area contributed by atoms with Gasteiger partial charge < -0.3 is 30.1 Å². The minimum Gasteiger partial charge on any atom is -0.392 e. The monoisotopic (exact) mass is 665 g/mol. The molecular weight excluding hydrogens is 622 g/mol. The number of nitro groups is 1. The van der Waals surface area contributed by atoms with Gasteiger partial charge in [0.15, 0.2) is 6.29 Å². The number of nitrogens with zero attached hydrogens (tertiary/aromatic N) is 3. The van der Waals surface area contributed by atoms with Crippen LogP contribution in [0.2, 0.25) is 0 Å². The number of piperazine rings is 1. The fraction of sp³-hybridized carbons (Fsp3) is 0.342. The van der Waals surface area contributed by atoms with E-state index in [1.807, 2.05) is 55.5 Å². The summed E-state index contributed by atoms with van der Waals surface area (Å²) in [6.45, 7) is 7.00. The van der Waals surface area contributed by atoms with Crippen LogP contribution in [0.25, 0.3) is 11.1 Å². The highest BCUT2D eigenvalue weighted by Gasteiger charge is 2.34. The lowest BCUT2D eigenvalue weighted by Gasteiger charge is -2.41. The largest absolute Gasteiger partial charge is 0.392 e. The van der Waals surface area contributed by atoms with Gasteiger partial charge in [0, 0.05) is 75.6 Å². The minimum atomic E-state index is -0.552. The Morgan fingerprint density at radius 3 is 2.24 bits per heavy atom. The molecule has 2 aliphatic heterocycles. The average Bonchev–Trinajstić information content (AvgIpc) is 3.14. The van der Waals surface area contributed by atoms with Crippen molar-refractivity contribution in [1.82, 2.24) is 15.5 Å². The molecule has 3 atom stereocenters. The Balaban J connectivity index is 1.13. The van der Waals surface area contributed by atoms with Crippen LogP contribution in [0.4, 0.5) is 16.2 Å². The number of non-ortho nitro benzene ring substituents is 1. The molecule has 0 aliphatic carbocycles. The second kappa shape index (κ2) is 16.1. The molecule has 0 spiro atoms. The van der Waals surface area contributed by atoms with Crippen molar-refractivity contribution in [1.29, 1.82) is 0 Å². The van der Waals surface area contributed by atoms with E-state index < -0.39 is 6.29 Å². The van der Waals surface area contributed by atoms with E-state index in [9.17, 15) is 20.0 Å². The number of aliphatic hydroxyl groups is 1. The number of nitro benzene ring substituents is 1. The van der Waals surface area contributed by atoms with E-state index in [0.29, 0.717) is 19.5 Å². The maximum atomic E-state index is 11.9. The van der Waals surface area contributed by atoms with Gasteiger partial charge in [0.1, 0.15) is 0 Å². The Morgan fingerprint density at radius 1 is 0.857 bits per heavy atom. The number of anilines is 1. The SMILES string of the molecule is CCNC(=O)NCc1cccc(-c2ccc([C@H]3O[C@@H](CN4CCN(c5ccc([N+](=O)[O-])cc5)CC4)C[C@@H](c4ccc(CO)cc4)O3)cc2)c1. The van der Waals surface area contributed by atoms with Crippen LogP contribution in [-0.4, -0.2) is 66.3 Å². The molecule has 6 rings (SSSR count). The molecule has 49 heavy (non-hydrogen) atoms. The van der Waals surface area contributed by atoms with Crippen molar-refractivity contribution >= 4 is 17.4 Å². The van der Waals surface area contributed by atoms with Crippen molar-refractivity contribution in [3.63, 3.8) is 0 Å². The molecule has 256 valence electrons. The van der Waals surface area contributed by atoms with E-state index in [4.69, 9.17) is 9.47 Å². The van der Waals surface area contributed by atoms with Gasteiger partial charge in [0.2, 0.25) is 0 Å². The van der Waals surface area contributed by atoms with Gasteiger partial charge in [0.25, 0.3) is 5.69 Å². The van der Waals surface area contributed by atoms with Crippen molar-refractivity contribution in [3.05, 3.63) is 129 Å². The third-order valence-corrected chi connectivity index (χ3v) is 9.11. The summed E-state index contributed by atoms with van der Waals surface area (Å²) < 4.78 is 13.2. The lowest BCUT2D eigenvalue weighted by atomic mass is 9.98. The first kappa shape index (κ1) is 34.1. The van der Waals surface area contributed by atoms with Gasteiger partial charge in [-0.2, -0.15) is 0 Å². The first-order valence-electron chi connectivity index (χ1n) is 16.8. The number of urea groups is 1. The smallest absolute Gasteiger partial charge is 0.315 e. The van der Waals surface area contributed by atoms with Crippen LogP contribution in [0, 0.1) is 10.1 Å². The summed E-state index contributed by atoms with van der Waals surface area (Å²) >= 11 is 0. The molecule has 0 aromatic heterocycles. The molecule has 0 saturated carbocycles. The number of hydrogen-bond donors (Lipinski definition) is 3. The molecule has 0 unspecified atom stereocenters. The van der Waals surface area contributed by atoms with Gasteiger partial charge in [-0.1, -0.05) is 66.7 Å². The summed E-state index contributed by atoms with van der Waals surface area (Å²) in [4.78, 5) is 27.2. The topological polar surface area (TPSA) is 129 Å². The highest BCUT2D eigenvalue weighted by Crippen LogP contribution is 2.39. The number of ether oxygens (including phenoxy) is 2. The number of amides is 2. The normalized spacial score (nSPS) is 19.7. The minimum absolute atomic E-state index is 0.00796. The van der Waals surface area contributed by atoms with Crippen molar-refractivity contribution < 1.29 is 24.3 Å². The van der Waals surface area contributed by atoms with E-state index >= 15 is 0 Å². The molecule has 3 N–H and O–H groups in total. The summed E-state index contributed by atoms with van der Waals surface area (Å²) in [5.74, 6) is 0. The predicted molar refractivity (Wildman–Crippen MR) is 188 cm³/mol. The molecule has 11 heteroatoms. The zero-order chi connectivity index (χ0) is 34.2. The molecular formula is C38H43N5O6. The fourth-order valence-electron chi connectivity index (χ4n) is 6.39. The van der Waals surface area contributed by atoms with Crippen LogP contribution in [0.5, 0.6) is 0 Å². The van der Waals surface area contributed by atoms with Crippen molar-refractivity contribution in [2.24, 2.45) is 0 Å². The number of hydrogen-bond acceptors (Lipinski definition) is 8. The van der Waals surface area contributed by atoms with Crippen molar-refractivity contribution in [2.45, 2.75) is 45.0 Å². The number of aliphatic hydroxyl groups excluding tert-OH is 1. The molecule has 11 nitrogen and oxygen atoms in total. The van der Waals surface area contributed by atoms with Gasteiger partial charge >= 0.3 is 6.03 Å². The van der Waals surface area contributed by atoms with Gasteiger partial charge in [-0.3, -0.25) is 15.0 Å². The van der Waals surface area contributed by atoms with E-state index in [2.05, 4.69) is 56.8 Å². The number of rotatable bonds is 11. The Labute approximate surface area is 286 Å². The summed E-state index contributed by atoms with van der Waals surface area (Å²) in [6.07, 6.45) is -0.0934. The molecule has 0 radical (unpaired) electrons. The Hall–Kier alpha value is -4.81. The second-order valence-electron chi connectivity index (χ2n) is 12.4. The zero-order valence-electron chi connectivity index (χ0n) is 27.7. The molecule has 2 heterocycles. The van der Waals surface area contributed by atoms with Gasteiger partial charge in [0.05, 0.1) is 23.7 Å². The van der Waals surface area contributed by atoms with E-state index in [1.165, 1.54) is 0 Å². The highest BCUT2D eigenvalue weighted by molar-refractivity contribution is 5.74. The molecule has 4 aromatic rings. The summed E-state index contributed by atoms with van der Waals surface area (Å²) in [5.41, 5.74) is 7.05. The van der Waals surface area contributed by atoms with Crippen LogP contribution in [0.3, 0.4) is 0 Å². The van der Waals surface area contributed by atoms with Gasteiger partial charge in [-0.05, 0) is 52.9 Å². The Bertz CT molecular complexity index is 1690. The third kappa shape index (κ3) is 8.81.